The van der Waals surface area contributed by atoms with E-state index < -0.39 is 16.7 Å². The lowest BCUT2D eigenvalue weighted by atomic mass is 10.1. The number of rotatable bonds is 11. The third kappa shape index (κ3) is 5.44. The summed E-state index contributed by atoms with van der Waals surface area (Å²) in [5, 5.41) is 22.3. The van der Waals surface area contributed by atoms with Gasteiger partial charge < -0.3 is 5.32 Å². The van der Waals surface area contributed by atoms with E-state index in [1.54, 1.807) is 11.8 Å². The van der Waals surface area contributed by atoms with Crippen LogP contribution in [-0.4, -0.2) is 50.0 Å². The van der Waals surface area contributed by atoms with Gasteiger partial charge in [0.25, 0.3) is 17.5 Å². The van der Waals surface area contributed by atoms with E-state index in [0.29, 0.717) is 24.4 Å². The van der Waals surface area contributed by atoms with Gasteiger partial charge in [-0.3, -0.25) is 29.4 Å². The lowest BCUT2D eigenvalue weighted by Crippen LogP contribution is -2.30. The predicted molar refractivity (Wildman–Crippen MR) is 116 cm³/mol. The van der Waals surface area contributed by atoms with E-state index in [4.69, 9.17) is 0 Å². The molecule has 2 aromatic rings. The van der Waals surface area contributed by atoms with Crippen LogP contribution in [0.1, 0.15) is 59.7 Å². The second-order valence-corrected chi connectivity index (χ2v) is 9.12. The van der Waals surface area contributed by atoms with Gasteiger partial charge in [-0.15, -0.1) is 10.2 Å². The maximum atomic E-state index is 12.5. The fraction of sp³-hybridized carbons (Fsp3) is 0.421. The van der Waals surface area contributed by atoms with E-state index in [9.17, 15) is 24.5 Å². The van der Waals surface area contributed by atoms with E-state index in [-0.39, 0.29) is 35.7 Å². The van der Waals surface area contributed by atoms with Crippen molar-refractivity contribution >= 4 is 51.6 Å². The Balaban J connectivity index is 1.42. The highest BCUT2D eigenvalue weighted by molar-refractivity contribution is 8.01. The van der Waals surface area contributed by atoms with Crippen molar-refractivity contribution in [3.8, 4) is 0 Å². The summed E-state index contributed by atoms with van der Waals surface area (Å²) in [7, 11) is 0. The Morgan fingerprint density at radius 2 is 2.03 bits per heavy atom. The number of carbonyl (C=O) groups is 3. The fourth-order valence-corrected chi connectivity index (χ4v) is 4.79. The van der Waals surface area contributed by atoms with Crippen molar-refractivity contribution in [1.29, 1.82) is 0 Å². The average Bonchev–Trinajstić information content (AvgIpc) is 3.29. The summed E-state index contributed by atoms with van der Waals surface area (Å²) in [4.78, 5) is 48.5. The summed E-state index contributed by atoms with van der Waals surface area (Å²) in [5.41, 5.74) is -0.444. The molecule has 0 saturated carbocycles. The molecule has 0 saturated heterocycles. The van der Waals surface area contributed by atoms with Gasteiger partial charge in [0.2, 0.25) is 11.0 Å². The summed E-state index contributed by atoms with van der Waals surface area (Å²) in [6.07, 6.45) is 3.01. The first kappa shape index (κ1) is 22.8. The number of benzene rings is 1. The van der Waals surface area contributed by atoms with Crippen molar-refractivity contribution < 1.29 is 19.3 Å². The van der Waals surface area contributed by atoms with Crippen LogP contribution < -0.4 is 5.32 Å². The van der Waals surface area contributed by atoms with Gasteiger partial charge in [-0.1, -0.05) is 42.5 Å². The highest BCUT2D eigenvalue weighted by Crippen LogP contribution is 2.31. The molecule has 2 heterocycles. The number of unbranched alkanes of at least 4 members (excludes halogenated alkanes) is 2. The molecular formula is C19H21N5O5S2. The number of nitrogens with zero attached hydrogens (tertiary/aromatic N) is 4. The largest absolute Gasteiger partial charge is 0.301 e. The van der Waals surface area contributed by atoms with Crippen LogP contribution in [0.4, 0.5) is 10.8 Å². The monoisotopic (exact) mass is 463 g/mol. The van der Waals surface area contributed by atoms with Crippen molar-refractivity contribution in [2.45, 2.75) is 43.4 Å². The van der Waals surface area contributed by atoms with Crippen molar-refractivity contribution in [2.75, 3.05) is 17.6 Å². The number of nitrogens with one attached hydrogen (secondary N) is 1. The molecule has 3 amide bonds. The van der Waals surface area contributed by atoms with Gasteiger partial charge in [0.1, 0.15) is 5.56 Å². The first-order valence-corrected chi connectivity index (χ1v) is 11.6. The predicted octanol–water partition coefficient (Wildman–Crippen LogP) is 3.74. The van der Waals surface area contributed by atoms with E-state index in [1.165, 1.54) is 29.5 Å². The molecule has 0 atom stereocenters. The Labute approximate surface area is 186 Å². The van der Waals surface area contributed by atoms with Crippen molar-refractivity contribution in [2.24, 2.45) is 0 Å². The zero-order valence-corrected chi connectivity index (χ0v) is 18.5. The van der Waals surface area contributed by atoms with E-state index in [1.807, 2.05) is 0 Å². The Morgan fingerprint density at radius 1 is 1.23 bits per heavy atom. The molecule has 1 aromatic carbocycles. The molecule has 1 aromatic heterocycles. The second-order valence-electron chi connectivity index (χ2n) is 6.80. The van der Waals surface area contributed by atoms with Gasteiger partial charge in [0.15, 0.2) is 4.34 Å². The van der Waals surface area contributed by atoms with Crippen LogP contribution >= 0.6 is 23.1 Å². The van der Waals surface area contributed by atoms with Gasteiger partial charge in [-0.05, 0) is 25.3 Å². The van der Waals surface area contributed by atoms with Crippen LogP contribution in [0.25, 0.3) is 0 Å². The number of anilines is 1. The quantitative estimate of drug-likeness (QED) is 0.133. The molecule has 1 aliphatic rings. The number of thioether (sulfide) groups is 1. The minimum Gasteiger partial charge on any atom is -0.301 e. The summed E-state index contributed by atoms with van der Waals surface area (Å²) in [5.74, 6) is -0.379. The topological polar surface area (TPSA) is 135 Å². The Bertz CT molecular complexity index is 1010. The number of carbonyl (C=O) groups excluding carboxylic acids is 3. The van der Waals surface area contributed by atoms with Crippen LogP contribution in [0, 0.1) is 10.1 Å². The molecule has 0 fully saturated rings. The minimum absolute atomic E-state index is 0.0621. The first-order chi connectivity index (χ1) is 14.9. The smallest absolute Gasteiger partial charge is 0.282 e. The van der Waals surface area contributed by atoms with Crippen LogP contribution in [0.2, 0.25) is 0 Å². The number of aromatic nitrogens is 2. The molecule has 12 heteroatoms. The molecule has 0 spiro atoms. The molecule has 0 radical (unpaired) electrons. The van der Waals surface area contributed by atoms with Crippen molar-refractivity contribution in [1.82, 2.24) is 15.1 Å². The van der Waals surface area contributed by atoms with Gasteiger partial charge in [-0.25, -0.2) is 0 Å². The Kier molecular flexibility index (Phi) is 7.69. The summed E-state index contributed by atoms with van der Waals surface area (Å²) < 4.78 is 0.818. The van der Waals surface area contributed by atoms with Crippen LogP contribution in [-0.2, 0) is 4.79 Å². The van der Waals surface area contributed by atoms with E-state index in [0.717, 1.165) is 21.4 Å². The second kappa shape index (κ2) is 10.4. The fourth-order valence-electron chi connectivity index (χ4n) is 3.09. The molecule has 31 heavy (non-hydrogen) atoms. The molecular weight excluding hydrogens is 442 g/mol. The third-order valence-corrected chi connectivity index (χ3v) is 6.72. The number of hydrogen-bond acceptors (Lipinski definition) is 9. The molecule has 0 aliphatic carbocycles. The normalized spacial score (nSPS) is 12.9. The van der Waals surface area contributed by atoms with Crippen LogP contribution in [0.15, 0.2) is 22.5 Å². The highest BCUT2D eigenvalue weighted by atomic mass is 32.2. The third-order valence-electron chi connectivity index (χ3n) is 4.54. The first-order valence-electron chi connectivity index (χ1n) is 9.82. The van der Waals surface area contributed by atoms with Crippen molar-refractivity contribution in [3.05, 3.63) is 39.4 Å². The molecule has 3 rings (SSSR count). The lowest BCUT2D eigenvalue weighted by Gasteiger charge is -2.13. The minimum atomic E-state index is -0.657. The maximum absolute atomic E-state index is 12.5. The Hall–Kier alpha value is -2.86. The number of nitro groups is 1. The number of hydrogen-bond donors (Lipinski definition) is 1. The summed E-state index contributed by atoms with van der Waals surface area (Å²) in [6.45, 7) is 2.23. The maximum Gasteiger partial charge on any atom is 0.282 e. The van der Waals surface area contributed by atoms with Gasteiger partial charge in [0.05, 0.1) is 10.5 Å². The van der Waals surface area contributed by atoms with Crippen LogP contribution in [0.5, 0.6) is 0 Å². The van der Waals surface area contributed by atoms with Crippen molar-refractivity contribution in [3.63, 3.8) is 0 Å². The molecule has 0 bridgehead atoms. The summed E-state index contributed by atoms with van der Waals surface area (Å²) >= 11 is 2.94. The summed E-state index contributed by atoms with van der Waals surface area (Å²) in [6, 6.07) is 4.04. The van der Waals surface area contributed by atoms with Gasteiger partial charge in [-0.2, -0.15) is 0 Å². The zero-order chi connectivity index (χ0) is 22.4. The molecule has 10 nitrogen and oxygen atoms in total. The average molecular weight is 464 g/mol. The van der Waals surface area contributed by atoms with E-state index in [2.05, 4.69) is 22.4 Å². The molecule has 1 aliphatic heterocycles. The number of imide groups is 1. The number of amides is 3. The van der Waals surface area contributed by atoms with Crippen LogP contribution in [0.3, 0.4) is 0 Å². The SMILES string of the molecule is CCCSc1nnc(NC(=O)CCCCCN2C(=O)c3cccc([N+](=O)[O-])c3C2=O)s1. The molecule has 164 valence electrons. The molecule has 0 unspecified atom stereocenters. The lowest BCUT2D eigenvalue weighted by molar-refractivity contribution is -0.385. The van der Waals surface area contributed by atoms with Gasteiger partial charge in [0, 0.05) is 24.8 Å². The molecule has 1 N–H and O–H groups in total. The van der Waals surface area contributed by atoms with E-state index >= 15 is 0 Å². The van der Waals surface area contributed by atoms with Gasteiger partial charge >= 0.3 is 0 Å². The Morgan fingerprint density at radius 3 is 2.77 bits per heavy atom. The standard InChI is InChI=1S/C19H21N5O5S2/c1-2-11-30-19-22-21-18(31-19)20-14(25)9-4-3-5-10-23-16(26)12-7-6-8-13(24(28)29)15(12)17(23)27/h6-8H,2-5,9-11H2,1H3,(H,20,21,25). The highest BCUT2D eigenvalue weighted by Gasteiger charge is 2.40. The zero-order valence-electron chi connectivity index (χ0n) is 16.8. The number of fused-ring (bicyclic) bond motifs is 1. The number of nitro benzene ring substituents is 1.